The molecule has 0 aromatic carbocycles. The van der Waals surface area contributed by atoms with Crippen LogP contribution in [0.1, 0.15) is 12.7 Å². The van der Waals surface area contributed by atoms with E-state index in [1.54, 1.807) is 18.3 Å². The highest BCUT2D eigenvalue weighted by Gasteiger charge is 2.07. The van der Waals surface area contributed by atoms with Crippen molar-refractivity contribution in [3.05, 3.63) is 49.1 Å². The quantitative estimate of drug-likeness (QED) is 0.839. The summed E-state index contributed by atoms with van der Waals surface area (Å²) in [5, 5.41) is 0. The van der Waals surface area contributed by atoms with Gasteiger partial charge >= 0.3 is 0 Å². The zero-order valence-corrected chi connectivity index (χ0v) is 10.6. The van der Waals surface area contributed by atoms with Crippen LogP contribution in [0.2, 0.25) is 0 Å². The van der Waals surface area contributed by atoms with Gasteiger partial charge in [-0.15, -0.1) is 0 Å². The van der Waals surface area contributed by atoms with E-state index in [9.17, 15) is 0 Å². The van der Waals surface area contributed by atoms with Crippen LogP contribution in [0.15, 0.2) is 43.3 Å². The summed E-state index contributed by atoms with van der Waals surface area (Å²) in [7, 11) is 0. The van der Waals surface area contributed by atoms with Crippen molar-refractivity contribution >= 4 is 11.5 Å². The van der Waals surface area contributed by atoms with Crippen LogP contribution in [-0.2, 0) is 0 Å². The summed E-state index contributed by atoms with van der Waals surface area (Å²) in [6, 6.07) is 3.69. The van der Waals surface area contributed by atoms with Crippen LogP contribution >= 0.6 is 0 Å². The normalized spacial score (nSPS) is 11.6. The summed E-state index contributed by atoms with van der Waals surface area (Å²) >= 11 is 0. The Morgan fingerprint density at radius 3 is 2.83 bits per heavy atom. The number of allylic oxidation sites excluding steroid dienone is 3. The van der Waals surface area contributed by atoms with E-state index < -0.39 is 0 Å². The first-order valence-corrected chi connectivity index (χ1v) is 5.69. The van der Waals surface area contributed by atoms with Crippen LogP contribution in [0, 0.1) is 6.92 Å². The van der Waals surface area contributed by atoms with Crippen molar-refractivity contribution < 1.29 is 0 Å². The molecule has 0 saturated heterocycles. The fourth-order valence-corrected chi connectivity index (χ4v) is 1.78. The van der Waals surface area contributed by atoms with Gasteiger partial charge in [0.1, 0.15) is 11.6 Å². The zero-order valence-electron chi connectivity index (χ0n) is 10.6. The number of imidazole rings is 1. The minimum absolute atomic E-state index is 0.512. The second kappa shape index (κ2) is 4.87. The minimum atomic E-state index is 0.512. The Labute approximate surface area is 106 Å². The zero-order chi connectivity index (χ0) is 13.1. The summed E-state index contributed by atoms with van der Waals surface area (Å²) in [5.74, 6) is 1.44. The third kappa shape index (κ3) is 2.32. The van der Waals surface area contributed by atoms with Gasteiger partial charge < -0.3 is 10.3 Å². The molecule has 18 heavy (non-hydrogen) atoms. The first-order chi connectivity index (χ1) is 8.61. The smallest absolute Gasteiger partial charge is 0.123 e. The van der Waals surface area contributed by atoms with Crippen LogP contribution < -0.4 is 5.73 Å². The molecule has 0 bridgehead atoms. The van der Waals surface area contributed by atoms with Crippen molar-refractivity contribution in [1.29, 1.82) is 0 Å². The lowest BCUT2D eigenvalue weighted by Gasteiger charge is -2.02. The average molecular weight is 240 g/mol. The molecule has 2 rings (SSSR count). The predicted octanol–water partition coefficient (Wildman–Crippen LogP) is 2.88. The van der Waals surface area contributed by atoms with Gasteiger partial charge in [0.25, 0.3) is 0 Å². The number of hydrogen-bond donors (Lipinski definition) is 1. The molecule has 0 spiro atoms. The van der Waals surface area contributed by atoms with Gasteiger partial charge in [-0.05, 0) is 32.1 Å². The molecule has 0 aliphatic carbocycles. The van der Waals surface area contributed by atoms with E-state index in [0.717, 1.165) is 22.8 Å². The average Bonchev–Trinajstić information content (AvgIpc) is 2.72. The molecule has 0 radical (unpaired) electrons. The Bertz CT molecular complexity index is 591. The topological polar surface area (TPSA) is 56.7 Å². The fourth-order valence-electron chi connectivity index (χ4n) is 1.78. The monoisotopic (exact) mass is 240 g/mol. The van der Waals surface area contributed by atoms with Crippen LogP contribution in [0.25, 0.3) is 17.0 Å². The van der Waals surface area contributed by atoms with Crippen molar-refractivity contribution in [2.45, 2.75) is 13.8 Å². The van der Waals surface area contributed by atoms with E-state index in [-0.39, 0.29) is 0 Å². The number of nitrogens with two attached hydrogens (primary N) is 1. The van der Waals surface area contributed by atoms with E-state index >= 15 is 0 Å². The summed E-state index contributed by atoms with van der Waals surface area (Å²) < 4.78 is 2.02. The Balaban J connectivity index is 2.43. The largest absolute Gasteiger partial charge is 0.384 e. The number of pyridine rings is 1. The molecule has 0 amide bonds. The van der Waals surface area contributed by atoms with Gasteiger partial charge in [0, 0.05) is 23.7 Å². The second-order valence-electron chi connectivity index (χ2n) is 4.06. The third-order valence-electron chi connectivity index (χ3n) is 2.70. The van der Waals surface area contributed by atoms with E-state index in [2.05, 4.69) is 16.5 Å². The van der Waals surface area contributed by atoms with Gasteiger partial charge in [0.15, 0.2) is 0 Å². The van der Waals surface area contributed by atoms with Gasteiger partial charge in [0.05, 0.1) is 5.69 Å². The Morgan fingerprint density at radius 1 is 1.44 bits per heavy atom. The van der Waals surface area contributed by atoms with E-state index in [0.29, 0.717) is 5.82 Å². The maximum Gasteiger partial charge on any atom is 0.123 e. The van der Waals surface area contributed by atoms with Crippen molar-refractivity contribution in [2.24, 2.45) is 0 Å². The molecule has 0 saturated carbocycles. The van der Waals surface area contributed by atoms with Crippen LogP contribution in [0.4, 0.5) is 5.82 Å². The fraction of sp³-hybridized carbons (Fsp3) is 0.143. The Kier molecular flexibility index (Phi) is 3.28. The SMILES string of the molecule is C=C/C=C(\C)n1cc(-c2ccc(N)nc2)nc1C. The highest BCUT2D eigenvalue weighted by atomic mass is 15.1. The number of anilines is 1. The molecular weight excluding hydrogens is 224 g/mol. The van der Waals surface area contributed by atoms with Gasteiger partial charge in [-0.1, -0.05) is 12.7 Å². The molecule has 4 heteroatoms. The standard InChI is InChI=1S/C14H16N4/c1-4-5-10(2)18-9-13(17-11(18)3)12-6-7-14(15)16-8-12/h4-9H,1H2,2-3H3,(H2,15,16)/b10-5+. The van der Waals surface area contributed by atoms with Gasteiger partial charge in [-0.25, -0.2) is 9.97 Å². The van der Waals surface area contributed by atoms with Crippen LogP contribution in [0.3, 0.4) is 0 Å². The maximum atomic E-state index is 5.57. The highest BCUT2D eigenvalue weighted by molar-refractivity contribution is 5.61. The molecule has 4 nitrogen and oxygen atoms in total. The number of nitrogen functional groups attached to an aromatic ring is 1. The van der Waals surface area contributed by atoms with Crippen molar-refractivity contribution in [3.63, 3.8) is 0 Å². The lowest BCUT2D eigenvalue weighted by atomic mass is 10.2. The number of aromatic nitrogens is 3. The maximum absolute atomic E-state index is 5.57. The minimum Gasteiger partial charge on any atom is -0.384 e. The van der Waals surface area contributed by atoms with Crippen molar-refractivity contribution in [3.8, 4) is 11.3 Å². The third-order valence-corrected chi connectivity index (χ3v) is 2.70. The number of aryl methyl sites for hydroxylation is 1. The summed E-state index contributed by atoms with van der Waals surface area (Å²) in [4.78, 5) is 8.59. The predicted molar refractivity (Wildman–Crippen MR) is 74.8 cm³/mol. The van der Waals surface area contributed by atoms with Crippen molar-refractivity contribution in [1.82, 2.24) is 14.5 Å². The van der Waals surface area contributed by atoms with Crippen molar-refractivity contribution in [2.75, 3.05) is 5.73 Å². The van der Waals surface area contributed by atoms with E-state index in [4.69, 9.17) is 5.73 Å². The van der Waals surface area contributed by atoms with Gasteiger partial charge in [0.2, 0.25) is 0 Å². The second-order valence-corrected chi connectivity index (χ2v) is 4.06. The first kappa shape index (κ1) is 12.1. The van der Waals surface area contributed by atoms with Crippen LogP contribution in [-0.4, -0.2) is 14.5 Å². The lowest BCUT2D eigenvalue weighted by molar-refractivity contribution is 0.989. The molecule has 92 valence electrons. The lowest BCUT2D eigenvalue weighted by Crippen LogP contribution is -1.93. The highest BCUT2D eigenvalue weighted by Crippen LogP contribution is 2.20. The first-order valence-electron chi connectivity index (χ1n) is 5.69. The van der Waals surface area contributed by atoms with Crippen LogP contribution in [0.5, 0.6) is 0 Å². The number of hydrogen-bond acceptors (Lipinski definition) is 3. The Hall–Kier alpha value is -2.36. The molecule has 2 aromatic heterocycles. The number of rotatable bonds is 3. The van der Waals surface area contributed by atoms with E-state index in [1.807, 2.05) is 36.8 Å². The molecule has 2 N–H and O–H groups in total. The molecule has 0 fully saturated rings. The van der Waals surface area contributed by atoms with E-state index in [1.165, 1.54) is 0 Å². The van der Waals surface area contributed by atoms with Gasteiger partial charge in [-0.3, -0.25) is 0 Å². The molecular formula is C14H16N4. The molecule has 0 unspecified atom stereocenters. The number of nitrogens with zero attached hydrogens (tertiary/aromatic N) is 3. The molecule has 0 aliphatic rings. The summed E-state index contributed by atoms with van der Waals surface area (Å²) in [6.45, 7) is 7.68. The molecule has 0 atom stereocenters. The Morgan fingerprint density at radius 2 is 2.22 bits per heavy atom. The summed E-state index contributed by atoms with van der Waals surface area (Å²) in [5.41, 5.74) is 8.49. The summed E-state index contributed by atoms with van der Waals surface area (Å²) in [6.07, 6.45) is 7.42. The molecule has 2 aromatic rings. The molecule has 0 aliphatic heterocycles. The van der Waals surface area contributed by atoms with Gasteiger partial charge in [-0.2, -0.15) is 0 Å². The molecule has 2 heterocycles.